The number of hydrogen-bond acceptors (Lipinski definition) is 4. The minimum absolute atomic E-state index is 0.247. The second kappa shape index (κ2) is 5.75. The molecule has 0 aromatic carbocycles. The maximum absolute atomic E-state index is 12.5. The molecular weight excluding hydrogens is 209 g/mol. The van der Waals surface area contributed by atoms with Crippen LogP contribution in [0.5, 0.6) is 6.01 Å². The zero-order chi connectivity index (χ0) is 11.2. The van der Waals surface area contributed by atoms with Crippen molar-refractivity contribution in [3.8, 4) is 6.01 Å². The molecule has 0 bridgehead atoms. The molecular formula is C11H16FN3O. The standard InChI is InChI=1S/C11H16FN3O/c12-9-7-14-11(15-8-9)16-6-4-10-3-1-2-5-13-10/h7-8,10,13H,1-6H2/t10-/m0/s1. The van der Waals surface area contributed by atoms with Crippen LogP contribution in [-0.2, 0) is 0 Å². The first-order chi connectivity index (χ1) is 7.84. The number of aromatic nitrogens is 2. The average molecular weight is 225 g/mol. The van der Waals surface area contributed by atoms with Crippen molar-refractivity contribution in [2.24, 2.45) is 0 Å². The fourth-order valence-electron chi connectivity index (χ4n) is 1.84. The molecule has 1 aromatic heterocycles. The predicted molar refractivity (Wildman–Crippen MR) is 57.7 cm³/mol. The molecule has 0 spiro atoms. The molecule has 1 aromatic rings. The lowest BCUT2D eigenvalue weighted by atomic mass is 10.0. The van der Waals surface area contributed by atoms with E-state index in [1.54, 1.807) is 0 Å². The van der Waals surface area contributed by atoms with Gasteiger partial charge >= 0.3 is 6.01 Å². The average Bonchev–Trinajstić information content (AvgIpc) is 2.33. The highest BCUT2D eigenvalue weighted by atomic mass is 19.1. The van der Waals surface area contributed by atoms with Gasteiger partial charge in [0.15, 0.2) is 5.82 Å². The summed E-state index contributed by atoms with van der Waals surface area (Å²) in [6.45, 7) is 1.67. The van der Waals surface area contributed by atoms with E-state index in [1.807, 2.05) is 0 Å². The first kappa shape index (κ1) is 11.3. The van der Waals surface area contributed by atoms with Crippen LogP contribution in [0.2, 0.25) is 0 Å². The summed E-state index contributed by atoms with van der Waals surface area (Å²) in [6, 6.07) is 0.784. The van der Waals surface area contributed by atoms with Crippen LogP contribution >= 0.6 is 0 Å². The van der Waals surface area contributed by atoms with E-state index in [2.05, 4.69) is 15.3 Å². The second-order valence-corrected chi connectivity index (χ2v) is 3.97. The predicted octanol–water partition coefficient (Wildman–Crippen LogP) is 1.53. The zero-order valence-corrected chi connectivity index (χ0v) is 9.16. The van der Waals surface area contributed by atoms with E-state index < -0.39 is 5.82 Å². The van der Waals surface area contributed by atoms with Gasteiger partial charge in [-0.25, -0.2) is 14.4 Å². The smallest absolute Gasteiger partial charge is 0.316 e. The first-order valence-electron chi connectivity index (χ1n) is 5.68. The van der Waals surface area contributed by atoms with Crippen molar-refractivity contribution in [3.63, 3.8) is 0 Å². The lowest BCUT2D eigenvalue weighted by Gasteiger charge is -2.22. The van der Waals surface area contributed by atoms with Gasteiger partial charge < -0.3 is 10.1 Å². The minimum atomic E-state index is -0.443. The largest absolute Gasteiger partial charge is 0.463 e. The Kier molecular flexibility index (Phi) is 4.04. The van der Waals surface area contributed by atoms with Gasteiger partial charge in [0.1, 0.15) is 0 Å². The Bertz CT molecular complexity index is 312. The molecule has 88 valence electrons. The van der Waals surface area contributed by atoms with Gasteiger partial charge in [0.05, 0.1) is 19.0 Å². The number of ether oxygens (including phenoxy) is 1. The third-order valence-electron chi connectivity index (χ3n) is 2.71. The number of halogens is 1. The summed E-state index contributed by atoms with van der Waals surface area (Å²) in [4.78, 5) is 7.46. The summed E-state index contributed by atoms with van der Waals surface area (Å²) in [7, 11) is 0. The van der Waals surface area contributed by atoms with Crippen LogP contribution in [0.25, 0.3) is 0 Å². The normalized spacial score (nSPS) is 20.7. The number of piperidine rings is 1. The third-order valence-corrected chi connectivity index (χ3v) is 2.71. The summed E-state index contributed by atoms with van der Waals surface area (Å²) in [6.07, 6.45) is 6.92. The third kappa shape index (κ3) is 3.41. The van der Waals surface area contributed by atoms with Crippen LogP contribution in [0, 0.1) is 5.82 Å². The van der Waals surface area contributed by atoms with E-state index in [4.69, 9.17) is 4.74 Å². The first-order valence-corrected chi connectivity index (χ1v) is 5.68. The highest BCUT2D eigenvalue weighted by Gasteiger charge is 2.12. The van der Waals surface area contributed by atoms with Gasteiger partial charge in [0, 0.05) is 6.04 Å². The summed E-state index contributed by atoms with van der Waals surface area (Å²) in [5.41, 5.74) is 0. The Labute approximate surface area is 94.2 Å². The molecule has 4 nitrogen and oxygen atoms in total. The van der Waals surface area contributed by atoms with E-state index in [0.717, 1.165) is 25.4 Å². The monoisotopic (exact) mass is 225 g/mol. The van der Waals surface area contributed by atoms with E-state index >= 15 is 0 Å². The van der Waals surface area contributed by atoms with Crippen LogP contribution in [0.15, 0.2) is 12.4 Å². The lowest BCUT2D eigenvalue weighted by molar-refractivity contribution is 0.251. The van der Waals surface area contributed by atoms with Gasteiger partial charge in [-0.2, -0.15) is 0 Å². The maximum atomic E-state index is 12.5. The van der Waals surface area contributed by atoms with Crippen LogP contribution in [0.1, 0.15) is 25.7 Å². The molecule has 2 heterocycles. The molecule has 0 radical (unpaired) electrons. The molecule has 0 saturated carbocycles. The van der Waals surface area contributed by atoms with Gasteiger partial charge in [-0.05, 0) is 25.8 Å². The van der Waals surface area contributed by atoms with Crippen molar-refractivity contribution in [2.45, 2.75) is 31.7 Å². The fourth-order valence-corrected chi connectivity index (χ4v) is 1.84. The van der Waals surface area contributed by atoms with Gasteiger partial charge in [-0.15, -0.1) is 0 Å². The molecule has 1 aliphatic heterocycles. The minimum Gasteiger partial charge on any atom is -0.463 e. The number of hydrogen-bond donors (Lipinski definition) is 1. The summed E-state index contributed by atoms with van der Waals surface area (Å²) >= 11 is 0. The molecule has 16 heavy (non-hydrogen) atoms. The van der Waals surface area contributed by atoms with Crippen LogP contribution in [-0.4, -0.2) is 29.2 Å². The Morgan fingerprint density at radius 1 is 1.38 bits per heavy atom. The Morgan fingerprint density at radius 2 is 2.19 bits per heavy atom. The SMILES string of the molecule is Fc1cnc(OCC[C@@H]2CCCCN2)nc1. The Hall–Kier alpha value is -1.23. The molecule has 1 saturated heterocycles. The van der Waals surface area contributed by atoms with Crippen molar-refractivity contribution in [1.82, 2.24) is 15.3 Å². The second-order valence-electron chi connectivity index (χ2n) is 3.97. The maximum Gasteiger partial charge on any atom is 0.316 e. The van der Waals surface area contributed by atoms with Crippen molar-refractivity contribution in [2.75, 3.05) is 13.2 Å². The van der Waals surface area contributed by atoms with Gasteiger partial charge in [0.25, 0.3) is 0 Å². The molecule has 0 aliphatic carbocycles. The molecule has 1 fully saturated rings. The highest BCUT2D eigenvalue weighted by Crippen LogP contribution is 2.10. The van der Waals surface area contributed by atoms with Crippen molar-refractivity contribution in [1.29, 1.82) is 0 Å². The van der Waals surface area contributed by atoms with Crippen LogP contribution in [0.4, 0.5) is 4.39 Å². The van der Waals surface area contributed by atoms with Crippen molar-refractivity contribution >= 4 is 0 Å². The van der Waals surface area contributed by atoms with E-state index in [9.17, 15) is 4.39 Å². The zero-order valence-electron chi connectivity index (χ0n) is 9.16. The number of rotatable bonds is 4. The van der Waals surface area contributed by atoms with Crippen LogP contribution in [0.3, 0.4) is 0 Å². The van der Waals surface area contributed by atoms with Crippen molar-refractivity contribution in [3.05, 3.63) is 18.2 Å². The topological polar surface area (TPSA) is 47.0 Å². The quantitative estimate of drug-likeness (QED) is 0.844. The summed E-state index contributed by atoms with van der Waals surface area (Å²) in [5.74, 6) is -0.443. The van der Waals surface area contributed by atoms with Gasteiger partial charge in [-0.1, -0.05) is 6.42 Å². The molecule has 1 atom stereocenters. The van der Waals surface area contributed by atoms with E-state index in [0.29, 0.717) is 12.6 Å². The molecule has 1 N–H and O–H groups in total. The summed E-state index contributed by atoms with van der Waals surface area (Å²) in [5, 5.41) is 3.43. The van der Waals surface area contributed by atoms with Crippen LogP contribution < -0.4 is 10.1 Å². The van der Waals surface area contributed by atoms with Crippen molar-refractivity contribution < 1.29 is 9.13 Å². The molecule has 1 aliphatic rings. The van der Waals surface area contributed by atoms with Gasteiger partial charge in [0.2, 0.25) is 0 Å². The van der Waals surface area contributed by atoms with Gasteiger partial charge in [-0.3, -0.25) is 0 Å². The lowest BCUT2D eigenvalue weighted by Crippen LogP contribution is -2.35. The highest BCUT2D eigenvalue weighted by molar-refractivity contribution is 4.95. The fraction of sp³-hybridized carbons (Fsp3) is 0.636. The molecule has 5 heteroatoms. The molecule has 0 unspecified atom stereocenters. The number of nitrogens with zero attached hydrogens (tertiary/aromatic N) is 2. The molecule has 0 amide bonds. The number of nitrogens with one attached hydrogen (secondary N) is 1. The Balaban J connectivity index is 1.69. The summed E-state index contributed by atoms with van der Waals surface area (Å²) < 4.78 is 17.8. The molecule has 2 rings (SSSR count). The van der Waals surface area contributed by atoms with E-state index in [-0.39, 0.29) is 6.01 Å². The Morgan fingerprint density at radius 3 is 2.88 bits per heavy atom. The van der Waals surface area contributed by atoms with E-state index in [1.165, 1.54) is 19.3 Å².